The second-order valence-electron chi connectivity index (χ2n) is 11.2. The molecule has 5 rings (SSSR count). The highest BCUT2D eigenvalue weighted by Crippen LogP contribution is 2.36. The van der Waals surface area contributed by atoms with E-state index in [0.29, 0.717) is 30.1 Å². The number of piperazine rings is 1. The van der Waals surface area contributed by atoms with Crippen molar-refractivity contribution in [3.63, 3.8) is 0 Å². The van der Waals surface area contributed by atoms with Crippen LogP contribution in [-0.2, 0) is 19.3 Å². The van der Waals surface area contributed by atoms with Crippen molar-refractivity contribution in [3.05, 3.63) is 82.9 Å². The molecule has 3 heterocycles. The third-order valence-corrected chi connectivity index (χ3v) is 7.88. The van der Waals surface area contributed by atoms with Crippen LogP contribution < -0.4 is 10.2 Å². The molecular weight excluding hydrogens is 517 g/mol. The van der Waals surface area contributed by atoms with Crippen LogP contribution in [0.3, 0.4) is 0 Å². The maximum Gasteiger partial charge on any atom is 0.416 e. The highest BCUT2D eigenvalue weighted by Gasteiger charge is 2.32. The number of nitrogens with zero attached hydrogens (tertiary/aromatic N) is 5. The Labute approximate surface area is 233 Å². The van der Waals surface area contributed by atoms with E-state index in [0.717, 1.165) is 50.0 Å². The third-order valence-electron chi connectivity index (χ3n) is 7.88. The first kappa shape index (κ1) is 28.0. The van der Waals surface area contributed by atoms with Gasteiger partial charge in [-0.1, -0.05) is 19.9 Å². The van der Waals surface area contributed by atoms with Crippen LogP contribution in [0.1, 0.15) is 52.4 Å². The first-order chi connectivity index (χ1) is 19.1. The van der Waals surface area contributed by atoms with Crippen molar-refractivity contribution in [2.45, 2.75) is 39.0 Å². The maximum atomic E-state index is 13.8. The number of carbonyl (C=O) groups is 1. The van der Waals surface area contributed by atoms with Gasteiger partial charge in [0.25, 0.3) is 5.91 Å². The molecule has 1 saturated heterocycles. The fourth-order valence-corrected chi connectivity index (χ4v) is 5.56. The van der Waals surface area contributed by atoms with E-state index >= 15 is 0 Å². The Balaban J connectivity index is 1.39. The van der Waals surface area contributed by atoms with Crippen molar-refractivity contribution in [1.82, 2.24) is 19.8 Å². The van der Waals surface area contributed by atoms with Crippen LogP contribution in [0.2, 0.25) is 0 Å². The predicted octanol–water partition coefficient (Wildman–Crippen LogP) is 5.25. The lowest BCUT2D eigenvalue weighted by atomic mass is 9.81. The van der Waals surface area contributed by atoms with Gasteiger partial charge in [0.05, 0.1) is 23.6 Å². The summed E-state index contributed by atoms with van der Waals surface area (Å²) >= 11 is 0. The first-order valence-electron chi connectivity index (χ1n) is 13.6. The van der Waals surface area contributed by atoms with Crippen molar-refractivity contribution < 1.29 is 18.0 Å². The molecule has 1 aromatic heterocycles. The molecule has 1 fully saturated rings. The van der Waals surface area contributed by atoms with Gasteiger partial charge in [-0.2, -0.15) is 13.2 Å². The number of rotatable bonds is 6. The van der Waals surface area contributed by atoms with E-state index in [1.54, 1.807) is 24.5 Å². The fraction of sp³-hybridized carbons (Fsp3) is 0.433. The minimum Gasteiger partial charge on any atom is -0.364 e. The van der Waals surface area contributed by atoms with Crippen molar-refractivity contribution in [2.75, 3.05) is 50.0 Å². The first-order valence-corrected chi connectivity index (χ1v) is 13.6. The molecule has 212 valence electrons. The molecule has 3 aromatic rings. The molecule has 0 spiro atoms. The largest absolute Gasteiger partial charge is 0.416 e. The van der Waals surface area contributed by atoms with Crippen molar-refractivity contribution in [1.29, 1.82) is 0 Å². The Hall–Kier alpha value is -3.50. The topological polar surface area (TPSA) is 64.6 Å². The summed E-state index contributed by atoms with van der Waals surface area (Å²) in [7, 11) is 2.03. The molecule has 0 unspecified atom stereocenters. The Morgan fingerprint density at radius 3 is 2.45 bits per heavy atom. The molecule has 0 saturated carbocycles. The number of nitrogens with one attached hydrogen (secondary N) is 1. The minimum absolute atomic E-state index is 0.143. The van der Waals surface area contributed by atoms with Crippen LogP contribution in [0.15, 0.2) is 55.1 Å². The average Bonchev–Trinajstić information content (AvgIpc) is 2.93. The number of amides is 1. The van der Waals surface area contributed by atoms with Gasteiger partial charge in [0.15, 0.2) is 0 Å². The molecular formula is C30H35F3N6O. The summed E-state index contributed by atoms with van der Waals surface area (Å²) < 4.78 is 41.3. The maximum absolute atomic E-state index is 13.8. The fourth-order valence-electron chi connectivity index (χ4n) is 5.56. The predicted molar refractivity (Wildman–Crippen MR) is 149 cm³/mol. The molecule has 1 atom stereocenters. The van der Waals surface area contributed by atoms with Crippen molar-refractivity contribution in [3.8, 4) is 0 Å². The number of carbonyl (C=O) groups excluding carboxylic acids is 1. The van der Waals surface area contributed by atoms with Crippen molar-refractivity contribution >= 4 is 17.3 Å². The third kappa shape index (κ3) is 6.45. The van der Waals surface area contributed by atoms with E-state index in [1.165, 1.54) is 18.0 Å². The van der Waals surface area contributed by atoms with Crippen LogP contribution >= 0.6 is 0 Å². The van der Waals surface area contributed by atoms with Crippen LogP contribution in [0, 0.1) is 5.92 Å². The van der Waals surface area contributed by atoms with E-state index < -0.39 is 17.6 Å². The van der Waals surface area contributed by atoms with Gasteiger partial charge in [0.1, 0.15) is 6.33 Å². The van der Waals surface area contributed by atoms with Gasteiger partial charge in [-0.15, -0.1) is 0 Å². The van der Waals surface area contributed by atoms with Gasteiger partial charge >= 0.3 is 6.18 Å². The molecule has 0 bridgehead atoms. The molecule has 10 heteroatoms. The van der Waals surface area contributed by atoms with Crippen LogP contribution in [0.4, 0.5) is 24.5 Å². The molecule has 2 aliphatic heterocycles. The number of hydrogen-bond donors (Lipinski definition) is 1. The Kier molecular flexibility index (Phi) is 8.09. The number of halogens is 3. The summed E-state index contributed by atoms with van der Waals surface area (Å²) in [5, 5.41) is 2.74. The summed E-state index contributed by atoms with van der Waals surface area (Å²) in [6.45, 7) is 9.45. The van der Waals surface area contributed by atoms with Gasteiger partial charge in [-0.3, -0.25) is 9.69 Å². The van der Waals surface area contributed by atoms with Gasteiger partial charge < -0.3 is 15.1 Å². The van der Waals surface area contributed by atoms with Crippen LogP contribution in [0.5, 0.6) is 0 Å². The normalized spacial score (nSPS) is 18.6. The number of hydrogen-bond acceptors (Lipinski definition) is 6. The Morgan fingerprint density at radius 1 is 1.05 bits per heavy atom. The van der Waals surface area contributed by atoms with E-state index in [1.807, 2.05) is 19.2 Å². The summed E-state index contributed by atoms with van der Waals surface area (Å²) in [5.41, 5.74) is 3.43. The number of aromatic nitrogens is 2. The highest BCUT2D eigenvalue weighted by molar-refractivity contribution is 6.04. The lowest BCUT2D eigenvalue weighted by molar-refractivity contribution is -0.137. The standard InChI is InChI=1S/C30H35F3N6O/c1-20(2)28-18-39(26-14-34-19-35-15-26)17-23-12-22(4-5-27(23)28)29(40)36-25-11-21(10-24(13-25)30(31,32)33)16-38-8-6-37(3)7-9-38/h4-5,10-15,19-20,28H,6-9,16-18H2,1-3H3,(H,36,40)/t28-/m1/s1. The monoisotopic (exact) mass is 552 g/mol. The summed E-state index contributed by atoms with van der Waals surface area (Å²) in [6, 6.07) is 9.45. The van der Waals surface area contributed by atoms with Crippen LogP contribution in [0.25, 0.3) is 0 Å². The molecule has 0 aliphatic carbocycles. The van der Waals surface area contributed by atoms with E-state index in [4.69, 9.17) is 0 Å². The quantitative estimate of drug-likeness (QED) is 0.451. The Bertz CT molecular complexity index is 1340. The molecule has 0 radical (unpaired) electrons. The zero-order valence-corrected chi connectivity index (χ0v) is 23.1. The number of fused-ring (bicyclic) bond motifs is 1. The molecule has 2 aliphatic rings. The lowest BCUT2D eigenvalue weighted by Gasteiger charge is -2.38. The Morgan fingerprint density at radius 2 is 1.77 bits per heavy atom. The molecule has 2 aromatic carbocycles. The molecule has 1 N–H and O–H groups in total. The van der Waals surface area contributed by atoms with E-state index in [2.05, 4.69) is 43.8 Å². The second-order valence-corrected chi connectivity index (χ2v) is 11.2. The second kappa shape index (κ2) is 11.5. The van der Waals surface area contributed by atoms with Gasteiger partial charge in [-0.25, -0.2) is 9.97 Å². The zero-order valence-electron chi connectivity index (χ0n) is 23.1. The summed E-state index contributed by atoms with van der Waals surface area (Å²) in [5.74, 6) is 0.185. The summed E-state index contributed by atoms with van der Waals surface area (Å²) in [6.07, 6.45) is 0.534. The number of alkyl halides is 3. The number of anilines is 2. The number of likely N-dealkylation sites (N-methyl/N-ethyl adjacent to an activating group) is 1. The SMILES string of the molecule is CC(C)[C@H]1CN(c2cncnc2)Cc2cc(C(=O)Nc3cc(CN4CCN(C)CC4)cc(C(F)(F)F)c3)ccc21. The van der Waals surface area contributed by atoms with Gasteiger partial charge in [0.2, 0.25) is 0 Å². The molecule has 7 nitrogen and oxygen atoms in total. The molecule has 40 heavy (non-hydrogen) atoms. The average molecular weight is 553 g/mol. The minimum atomic E-state index is -4.51. The molecule has 1 amide bonds. The lowest BCUT2D eigenvalue weighted by Crippen LogP contribution is -2.43. The van der Waals surface area contributed by atoms with Gasteiger partial charge in [-0.05, 0) is 60.0 Å². The number of benzene rings is 2. The highest BCUT2D eigenvalue weighted by atomic mass is 19.4. The smallest absolute Gasteiger partial charge is 0.364 e. The van der Waals surface area contributed by atoms with E-state index in [9.17, 15) is 18.0 Å². The van der Waals surface area contributed by atoms with E-state index in [-0.39, 0.29) is 11.6 Å². The summed E-state index contributed by atoms with van der Waals surface area (Å²) in [4.78, 5) is 28.2. The van der Waals surface area contributed by atoms with Crippen molar-refractivity contribution in [2.24, 2.45) is 5.92 Å². The van der Waals surface area contributed by atoms with Crippen LogP contribution in [-0.4, -0.2) is 65.4 Å². The van der Waals surface area contributed by atoms with Gasteiger partial charge in [0, 0.05) is 63.0 Å². The zero-order chi connectivity index (χ0) is 28.4.